The number of benzene rings is 3. The number of fused-ring (bicyclic) bond motifs is 1. The van der Waals surface area contributed by atoms with Crippen molar-refractivity contribution in [1.29, 1.82) is 0 Å². The lowest BCUT2D eigenvalue weighted by molar-refractivity contribution is -0.123. The Morgan fingerprint density at radius 3 is 2.17 bits per heavy atom. The van der Waals surface area contributed by atoms with Crippen LogP contribution in [0.3, 0.4) is 0 Å². The predicted octanol–water partition coefficient (Wildman–Crippen LogP) is 3.16. The third kappa shape index (κ3) is 3.77. The molecule has 1 heterocycles. The molecule has 4 rings (SSSR count). The minimum absolute atomic E-state index is 0.0857. The highest BCUT2D eigenvalue weighted by Gasteiger charge is 2.33. The number of hydrogen-bond acceptors (Lipinski definition) is 4. The highest BCUT2D eigenvalue weighted by molar-refractivity contribution is 6.08. The van der Waals surface area contributed by atoms with Gasteiger partial charge in [-0.3, -0.25) is 14.5 Å². The molecule has 3 aromatic rings. The first kappa shape index (κ1) is 19.7. The fraction of sp³-hybridized carbons (Fsp3) is 0.167. The fourth-order valence-electron chi connectivity index (χ4n) is 3.67. The van der Waals surface area contributed by atoms with Gasteiger partial charge in [-0.05, 0) is 36.4 Å². The molecular formula is C24H24N4O2. The van der Waals surface area contributed by atoms with Crippen LogP contribution in [0, 0.1) is 0 Å². The van der Waals surface area contributed by atoms with Crippen molar-refractivity contribution in [3.63, 3.8) is 0 Å². The SMILES string of the molecule is CN(C(=O)CN1C(=O)C(N)CN(c2ccccc2)c2ccccc21)c1ccccc1. The van der Waals surface area contributed by atoms with Crippen LogP contribution < -0.4 is 20.4 Å². The molecule has 1 aliphatic heterocycles. The third-order valence-electron chi connectivity index (χ3n) is 5.30. The Bertz CT molecular complexity index is 1040. The van der Waals surface area contributed by atoms with Crippen LogP contribution in [0.4, 0.5) is 22.7 Å². The van der Waals surface area contributed by atoms with Gasteiger partial charge in [0.15, 0.2) is 0 Å². The molecule has 3 aromatic carbocycles. The molecule has 0 saturated carbocycles. The number of nitrogens with zero attached hydrogens (tertiary/aromatic N) is 3. The van der Waals surface area contributed by atoms with Gasteiger partial charge in [0, 0.05) is 25.0 Å². The van der Waals surface area contributed by atoms with E-state index in [0.29, 0.717) is 12.2 Å². The fourth-order valence-corrected chi connectivity index (χ4v) is 3.67. The molecule has 1 unspecified atom stereocenters. The van der Waals surface area contributed by atoms with E-state index >= 15 is 0 Å². The average molecular weight is 400 g/mol. The second kappa shape index (κ2) is 8.39. The van der Waals surface area contributed by atoms with Gasteiger partial charge in [-0.15, -0.1) is 0 Å². The summed E-state index contributed by atoms with van der Waals surface area (Å²) in [5.41, 5.74) is 9.52. The van der Waals surface area contributed by atoms with E-state index in [-0.39, 0.29) is 18.4 Å². The zero-order chi connectivity index (χ0) is 21.1. The van der Waals surface area contributed by atoms with E-state index in [9.17, 15) is 9.59 Å². The number of anilines is 4. The van der Waals surface area contributed by atoms with Gasteiger partial charge in [0.05, 0.1) is 11.4 Å². The van der Waals surface area contributed by atoms with Crippen LogP contribution in [-0.4, -0.2) is 38.0 Å². The summed E-state index contributed by atoms with van der Waals surface area (Å²) in [6.07, 6.45) is 0. The smallest absolute Gasteiger partial charge is 0.246 e. The van der Waals surface area contributed by atoms with E-state index in [1.165, 1.54) is 4.90 Å². The molecule has 0 radical (unpaired) electrons. The zero-order valence-electron chi connectivity index (χ0n) is 16.8. The molecule has 0 aromatic heterocycles. The molecule has 0 spiro atoms. The summed E-state index contributed by atoms with van der Waals surface area (Å²) in [5.74, 6) is -0.458. The maximum atomic E-state index is 13.2. The molecule has 1 atom stereocenters. The Labute approximate surface area is 176 Å². The number of hydrogen-bond donors (Lipinski definition) is 1. The number of carbonyl (C=O) groups excluding carboxylic acids is 2. The van der Waals surface area contributed by atoms with E-state index in [1.807, 2.05) is 89.8 Å². The monoisotopic (exact) mass is 400 g/mol. The van der Waals surface area contributed by atoms with E-state index in [0.717, 1.165) is 17.1 Å². The molecule has 6 nitrogen and oxygen atoms in total. The van der Waals surface area contributed by atoms with Crippen LogP contribution in [-0.2, 0) is 9.59 Å². The molecule has 152 valence electrons. The largest absolute Gasteiger partial charge is 0.338 e. The normalized spacial score (nSPS) is 16.1. The summed E-state index contributed by atoms with van der Waals surface area (Å²) in [4.78, 5) is 31.3. The van der Waals surface area contributed by atoms with Gasteiger partial charge < -0.3 is 15.5 Å². The van der Waals surface area contributed by atoms with Gasteiger partial charge in [-0.2, -0.15) is 0 Å². The lowest BCUT2D eigenvalue weighted by Gasteiger charge is -2.27. The van der Waals surface area contributed by atoms with Crippen LogP contribution in [0.15, 0.2) is 84.9 Å². The molecule has 0 saturated heterocycles. The Balaban J connectivity index is 1.70. The maximum absolute atomic E-state index is 13.2. The summed E-state index contributed by atoms with van der Waals surface area (Å²) in [7, 11) is 1.71. The molecule has 2 N–H and O–H groups in total. The standard InChI is InChI=1S/C24H24N4O2/c1-26(18-10-4-2-5-11-18)23(29)17-28-22-15-9-8-14-21(22)27(16-20(25)24(28)30)19-12-6-3-7-13-19/h2-15,20H,16-17,25H2,1H3. The van der Waals surface area contributed by atoms with Crippen molar-refractivity contribution in [3.05, 3.63) is 84.9 Å². The van der Waals surface area contributed by atoms with Gasteiger partial charge in [0.2, 0.25) is 11.8 Å². The lowest BCUT2D eigenvalue weighted by atomic mass is 10.2. The quantitative estimate of drug-likeness (QED) is 0.730. The lowest BCUT2D eigenvalue weighted by Crippen LogP contribution is -2.49. The molecular weight excluding hydrogens is 376 g/mol. The van der Waals surface area contributed by atoms with E-state index in [4.69, 9.17) is 5.73 Å². The third-order valence-corrected chi connectivity index (χ3v) is 5.30. The molecule has 6 heteroatoms. The Morgan fingerprint density at radius 2 is 1.50 bits per heavy atom. The van der Waals surface area contributed by atoms with Gasteiger partial charge in [-0.25, -0.2) is 0 Å². The van der Waals surface area contributed by atoms with Crippen LogP contribution in [0.2, 0.25) is 0 Å². The van der Waals surface area contributed by atoms with Crippen molar-refractivity contribution in [1.82, 2.24) is 0 Å². The van der Waals surface area contributed by atoms with Crippen molar-refractivity contribution in [3.8, 4) is 0 Å². The predicted molar refractivity (Wildman–Crippen MR) is 120 cm³/mol. The topological polar surface area (TPSA) is 69.9 Å². The van der Waals surface area contributed by atoms with Crippen molar-refractivity contribution in [2.75, 3.05) is 34.8 Å². The van der Waals surface area contributed by atoms with E-state index in [1.54, 1.807) is 11.9 Å². The summed E-state index contributed by atoms with van der Waals surface area (Å²) in [5, 5.41) is 0. The van der Waals surface area contributed by atoms with Crippen molar-refractivity contribution < 1.29 is 9.59 Å². The maximum Gasteiger partial charge on any atom is 0.246 e. The Kier molecular flexibility index (Phi) is 5.50. The molecule has 0 bridgehead atoms. The van der Waals surface area contributed by atoms with Crippen LogP contribution in [0.5, 0.6) is 0 Å². The van der Waals surface area contributed by atoms with Gasteiger partial charge in [0.25, 0.3) is 0 Å². The molecule has 0 aliphatic carbocycles. The second-order valence-electron chi connectivity index (χ2n) is 7.25. The van der Waals surface area contributed by atoms with Gasteiger partial charge >= 0.3 is 0 Å². The second-order valence-corrected chi connectivity index (χ2v) is 7.25. The van der Waals surface area contributed by atoms with Gasteiger partial charge in [-0.1, -0.05) is 48.5 Å². The molecule has 2 amide bonds. The minimum Gasteiger partial charge on any atom is -0.338 e. The van der Waals surface area contributed by atoms with Crippen LogP contribution >= 0.6 is 0 Å². The Hall–Kier alpha value is -3.64. The first-order valence-electron chi connectivity index (χ1n) is 9.86. The number of carbonyl (C=O) groups is 2. The minimum atomic E-state index is -0.757. The van der Waals surface area contributed by atoms with Crippen LogP contribution in [0.25, 0.3) is 0 Å². The van der Waals surface area contributed by atoms with E-state index in [2.05, 4.69) is 0 Å². The number of likely N-dealkylation sites (N-methyl/N-ethyl adjacent to an activating group) is 1. The van der Waals surface area contributed by atoms with Crippen molar-refractivity contribution in [2.24, 2.45) is 5.73 Å². The number of nitrogens with two attached hydrogens (primary N) is 1. The number of rotatable bonds is 4. The molecule has 30 heavy (non-hydrogen) atoms. The first-order chi connectivity index (χ1) is 14.6. The summed E-state index contributed by atoms with van der Waals surface area (Å²) >= 11 is 0. The Morgan fingerprint density at radius 1 is 0.933 bits per heavy atom. The highest BCUT2D eigenvalue weighted by Crippen LogP contribution is 2.37. The highest BCUT2D eigenvalue weighted by atomic mass is 16.2. The average Bonchev–Trinajstić information content (AvgIpc) is 2.90. The number of amides is 2. The number of para-hydroxylation sites is 4. The molecule has 1 aliphatic rings. The van der Waals surface area contributed by atoms with Crippen LogP contribution in [0.1, 0.15) is 0 Å². The molecule has 0 fully saturated rings. The first-order valence-corrected chi connectivity index (χ1v) is 9.86. The zero-order valence-corrected chi connectivity index (χ0v) is 16.8. The summed E-state index contributed by atoms with van der Waals surface area (Å²) in [6, 6.07) is 26.0. The van der Waals surface area contributed by atoms with E-state index < -0.39 is 6.04 Å². The van der Waals surface area contributed by atoms with Crippen molar-refractivity contribution >= 4 is 34.6 Å². The summed E-state index contributed by atoms with van der Waals surface area (Å²) in [6.45, 7) is 0.247. The van der Waals surface area contributed by atoms with Gasteiger partial charge in [0.1, 0.15) is 12.6 Å². The van der Waals surface area contributed by atoms with Crippen molar-refractivity contribution in [2.45, 2.75) is 6.04 Å². The summed E-state index contributed by atoms with van der Waals surface area (Å²) < 4.78 is 0.